The van der Waals surface area contributed by atoms with E-state index >= 15 is 0 Å². The first-order valence-corrected chi connectivity index (χ1v) is 12.0. The third-order valence-electron chi connectivity index (χ3n) is 6.13. The van der Waals surface area contributed by atoms with Gasteiger partial charge in [-0.05, 0) is 78.4 Å². The first kappa shape index (κ1) is 24.3. The molecule has 0 N–H and O–H groups in total. The number of thiophene rings is 1. The summed E-state index contributed by atoms with van der Waals surface area (Å²) in [7, 11) is 1.37. The van der Waals surface area contributed by atoms with Gasteiger partial charge in [0.1, 0.15) is 0 Å². The summed E-state index contributed by atoms with van der Waals surface area (Å²) in [6.07, 6.45) is -2.22. The number of carbonyl (C=O) groups is 1. The molecule has 8 heteroatoms. The van der Waals surface area contributed by atoms with Crippen molar-refractivity contribution in [2.24, 2.45) is 0 Å². The average molecular weight is 490 g/mol. The molecule has 0 amide bonds. The standard InChI is InChI=1S/C26H26F3NO3S/c1-14(2)25-18-7-6-17(26(27,28)29)13-23(18)34-22(25)9-8-20-19-11-15(3)16(5-10-24(31)32-4)12-21(19)33-30-20/h6-7,11-14H,5,8-10H2,1-4H3. The largest absolute Gasteiger partial charge is 0.469 e. The number of hydrogen-bond acceptors (Lipinski definition) is 5. The Morgan fingerprint density at radius 2 is 1.88 bits per heavy atom. The van der Waals surface area contributed by atoms with Gasteiger partial charge in [0.25, 0.3) is 0 Å². The van der Waals surface area contributed by atoms with Crippen LogP contribution in [-0.2, 0) is 35.0 Å². The maximum atomic E-state index is 13.2. The van der Waals surface area contributed by atoms with Crippen molar-refractivity contribution >= 4 is 38.4 Å². The van der Waals surface area contributed by atoms with Gasteiger partial charge in [0, 0.05) is 21.4 Å². The average Bonchev–Trinajstić information content (AvgIpc) is 3.34. The van der Waals surface area contributed by atoms with E-state index < -0.39 is 11.7 Å². The smallest absolute Gasteiger partial charge is 0.416 e. The molecule has 0 bridgehead atoms. The van der Waals surface area contributed by atoms with Crippen LogP contribution in [0, 0.1) is 6.92 Å². The van der Waals surface area contributed by atoms with Crippen LogP contribution in [0.25, 0.3) is 21.1 Å². The summed E-state index contributed by atoms with van der Waals surface area (Å²) in [5.41, 5.74) is 4.02. The lowest BCUT2D eigenvalue weighted by Gasteiger charge is -2.09. The van der Waals surface area contributed by atoms with Gasteiger partial charge in [-0.25, -0.2) is 0 Å². The Bertz CT molecular complexity index is 1350. The van der Waals surface area contributed by atoms with Crippen LogP contribution in [0.5, 0.6) is 0 Å². The van der Waals surface area contributed by atoms with Gasteiger partial charge in [0.2, 0.25) is 0 Å². The van der Waals surface area contributed by atoms with E-state index in [9.17, 15) is 18.0 Å². The third-order valence-corrected chi connectivity index (χ3v) is 7.36. The Morgan fingerprint density at radius 1 is 1.12 bits per heavy atom. The number of halogens is 3. The van der Waals surface area contributed by atoms with Gasteiger partial charge in [-0.3, -0.25) is 4.79 Å². The van der Waals surface area contributed by atoms with E-state index in [0.717, 1.165) is 44.1 Å². The predicted octanol–water partition coefficient (Wildman–Crippen LogP) is 7.38. The lowest BCUT2D eigenvalue weighted by atomic mass is 9.96. The van der Waals surface area contributed by atoms with Crippen molar-refractivity contribution < 1.29 is 27.2 Å². The van der Waals surface area contributed by atoms with Gasteiger partial charge in [-0.15, -0.1) is 11.3 Å². The minimum absolute atomic E-state index is 0.189. The molecular formula is C26H26F3NO3S. The van der Waals surface area contributed by atoms with Crippen LogP contribution in [0.4, 0.5) is 13.2 Å². The number of ether oxygens (including phenoxy) is 1. The van der Waals surface area contributed by atoms with Crippen LogP contribution in [0.1, 0.15) is 59.0 Å². The maximum absolute atomic E-state index is 13.2. The topological polar surface area (TPSA) is 52.3 Å². The fourth-order valence-electron chi connectivity index (χ4n) is 4.37. The number of methoxy groups -OCH3 is 1. The molecule has 0 aliphatic carbocycles. The number of aryl methyl sites for hydroxylation is 4. The molecule has 0 aliphatic heterocycles. The zero-order valence-electron chi connectivity index (χ0n) is 19.5. The summed E-state index contributed by atoms with van der Waals surface area (Å²) in [6.45, 7) is 6.12. The van der Waals surface area contributed by atoms with E-state index in [1.807, 2.05) is 19.1 Å². The minimum Gasteiger partial charge on any atom is -0.469 e. The number of carbonyl (C=O) groups excluding carboxylic acids is 1. The monoisotopic (exact) mass is 489 g/mol. The van der Waals surface area contributed by atoms with Gasteiger partial charge in [0.15, 0.2) is 5.58 Å². The third kappa shape index (κ3) is 4.82. The number of rotatable bonds is 7. The first-order valence-electron chi connectivity index (χ1n) is 11.2. The summed E-state index contributed by atoms with van der Waals surface area (Å²) < 4.78 is 50.5. The molecule has 0 fully saturated rings. The summed E-state index contributed by atoms with van der Waals surface area (Å²) in [5, 5.41) is 6.08. The Morgan fingerprint density at radius 3 is 2.56 bits per heavy atom. The zero-order chi connectivity index (χ0) is 24.6. The van der Waals surface area contributed by atoms with Crippen LogP contribution >= 0.6 is 11.3 Å². The van der Waals surface area contributed by atoms with Crippen molar-refractivity contribution in [3.05, 3.63) is 63.2 Å². The lowest BCUT2D eigenvalue weighted by Crippen LogP contribution is -2.03. The molecule has 2 heterocycles. The molecule has 0 aliphatic rings. The fraction of sp³-hybridized carbons (Fsp3) is 0.385. The van der Waals surface area contributed by atoms with Crippen molar-refractivity contribution in [3.8, 4) is 0 Å². The van der Waals surface area contributed by atoms with E-state index in [2.05, 4.69) is 19.0 Å². The second kappa shape index (κ2) is 9.41. The number of fused-ring (bicyclic) bond motifs is 2. The van der Waals surface area contributed by atoms with Crippen molar-refractivity contribution in [2.75, 3.05) is 7.11 Å². The van der Waals surface area contributed by atoms with E-state index in [0.29, 0.717) is 36.0 Å². The molecule has 4 aromatic rings. The van der Waals surface area contributed by atoms with Crippen molar-refractivity contribution in [1.29, 1.82) is 0 Å². The molecule has 2 aromatic carbocycles. The molecule has 0 saturated carbocycles. The van der Waals surface area contributed by atoms with Gasteiger partial charge in [-0.2, -0.15) is 13.2 Å². The molecule has 180 valence electrons. The number of benzene rings is 2. The number of hydrogen-bond donors (Lipinski definition) is 0. The lowest BCUT2D eigenvalue weighted by molar-refractivity contribution is -0.140. The molecule has 4 rings (SSSR count). The van der Waals surface area contributed by atoms with Gasteiger partial charge < -0.3 is 9.26 Å². The molecule has 4 nitrogen and oxygen atoms in total. The summed E-state index contributed by atoms with van der Waals surface area (Å²) in [5.74, 6) is -0.0708. The molecule has 34 heavy (non-hydrogen) atoms. The van der Waals surface area contributed by atoms with Crippen LogP contribution in [-0.4, -0.2) is 18.2 Å². The van der Waals surface area contributed by atoms with Crippen LogP contribution in [0.15, 0.2) is 34.9 Å². The van der Waals surface area contributed by atoms with Gasteiger partial charge in [-0.1, -0.05) is 25.1 Å². The van der Waals surface area contributed by atoms with Gasteiger partial charge in [0.05, 0.1) is 18.4 Å². The highest BCUT2D eigenvalue weighted by Crippen LogP contribution is 2.40. The summed E-state index contributed by atoms with van der Waals surface area (Å²) >= 11 is 1.42. The zero-order valence-corrected chi connectivity index (χ0v) is 20.3. The first-order chi connectivity index (χ1) is 16.1. The summed E-state index contributed by atoms with van der Waals surface area (Å²) in [6, 6.07) is 7.95. The highest BCUT2D eigenvalue weighted by atomic mass is 32.1. The molecule has 2 aromatic heterocycles. The van der Waals surface area contributed by atoms with Crippen molar-refractivity contribution in [3.63, 3.8) is 0 Å². The van der Waals surface area contributed by atoms with E-state index in [1.54, 1.807) is 6.07 Å². The Labute approximate surface area is 199 Å². The van der Waals surface area contributed by atoms with Gasteiger partial charge >= 0.3 is 12.1 Å². The molecule has 0 radical (unpaired) electrons. The highest BCUT2D eigenvalue weighted by molar-refractivity contribution is 7.19. The number of aromatic nitrogens is 1. The summed E-state index contributed by atoms with van der Waals surface area (Å²) in [4.78, 5) is 12.6. The van der Waals surface area contributed by atoms with Crippen LogP contribution < -0.4 is 0 Å². The Balaban J connectivity index is 1.61. The fourth-order valence-corrected chi connectivity index (χ4v) is 5.77. The molecule has 0 spiro atoms. The molecule has 0 atom stereocenters. The number of nitrogens with zero attached hydrogens (tertiary/aromatic N) is 1. The molecular weight excluding hydrogens is 463 g/mol. The quantitative estimate of drug-likeness (QED) is 0.254. The van der Waals surface area contributed by atoms with E-state index in [4.69, 9.17) is 9.26 Å². The maximum Gasteiger partial charge on any atom is 0.416 e. The molecule has 0 saturated heterocycles. The second-order valence-electron chi connectivity index (χ2n) is 8.78. The van der Waals surface area contributed by atoms with Crippen molar-refractivity contribution in [2.45, 2.75) is 58.5 Å². The molecule has 0 unspecified atom stereocenters. The van der Waals surface area contributed by atoms with Crippen LogP contribution in [0.2, 0.25) is 0 Å². The van der Waals surface area contributed by atoms with E-state index in [-0.39, 0.29) is 11.9 Å². The SMILES string of the molecule is COC(=O)CCc1cc2onc(CCc3sc4cc(C(F)(F)F)ccc4c3C(C)C)c2cc1C. The normalized spacial score (nSPS) is 12.2. The van der Waals surface area contributed by atoms with Crippen molar-refractivity contribution in [1.82, 2.24) is 5.16 Å². The Kier molecular flexibility index (Phi) is 6.71. The number of alkyl halides is 3. The van der Waals surface area contributed by atoms with Crippen LogP contribution in [0.3, 0.4) is 0 Å². The predicted molar refractivity (Wildman–Crippen MR) is 127 cm³/mol. The van der Waals surface area contributed by atoms with E-state index in [1.165, 1.54) is 24.5 Å². The number of esters is 1. The second-order valence-corrected chi connectivity index (χ2v) is 9.92. The Hall–Kier alpha value is -2.87. The minimum atomic E-state index is -4.36. The highest BCUT2D eigenvalue weighted by Gasteiger charge is 2.31.